The molecule has 0 saturated carbocycles. The summed E-state index contributed by atoms with van der Waals surface area (Å²) in [5, 5.41) is 9.08. The third-order valence-corrected chi connectivity index (χ3v) is 4.48. The van der Waals surface area contributed by atoms with Crippen molar-refractivity contribution < 1.29 is 14.6 Å². The van der Waals surface area contributed by atoms with E-state index >= 15 is 0 Å². The van der Waals surface area contributed by atoms with Crippen molar-refractivity contribution in [3.05, 3.63) is 29.3 Å². The van der Waals surface area contributed by atoms with Gasteiger partial charge in [-0.25, -0.2) is 0 Å². The van der Waals surface area contributed by atoms with Gasteiger partial charge in [-0.05, 0) is 43.0 Å². The average molecular weight is 305 g/mol. The molecule has 1 aliphatic rings. The molecule has 0 bridgehead atoms. The summed E-state index contributed by atoms with van der Waals surface area (Å²) in [6.45, 7) is 9.10. The molecule has 1 fully saturated rings. The van der Waals surface area contributed by atoms with Crippen molar-refractivity contribution in [2.75, 3.05) is 20.2 Å². The zero-order valence-corrected chi connectivity index (χ0v) is 14.1. The van der Waals surface area contributed by atoms with Crippen LogP contribution >= 0.6 is 0 Å². The van der Waals surface area contributed by atoms with Crippen LogP contribution in [0.25, 0.3) is 0 Å². The lowest BCUT2D eigenvalue weighted by atomic mass is 9.86. The summed E-state index contributed by atoms with van der Waals surface area (Å²) in [7, 11) is 1.70. The Morgan fingerprint density at radius 3 is 2.45 bits per heavy atom. The van der Waals surface area contributed by atoms with Gasteiger partial charge in [-0.3, -0.25) is 9.69 Å². The van der Waals surface area contributed by atoms with E-state index in [1.807, 2.05) is 6.07 Å². The summed E-state index contributed by atoms with van der Waals surface area (Å²) in [5.74, 6) is 0.0689. The third kappa shape index (κ3) is 4.01. The molecule has 1 N–H and O–H groups in total. The Morgan fingerprint density at radius 1 is 1.32 bits per heavy atom. The van der Waals surface area contributed by atoms with Crippen molar-refractivity contribution in [2.24, 2.45) is 5.92 Å². The normalized spacial score (nSPS) is 17.5. The van der Waals surface area contributed by atoms with E-state index in [1.165, 1.54) is 11.1 Å². The standard InChI is InChI=1S/C18H27NO3/c1-18(2,3)15-5-6-16(22-4)14(11-15)12-19-9-7-13(8-10-19)17(20)21/h5-6,11,13H,7-10,12H2,1-4H3,(H,20,21). The van der Waals surface area contributed by atoms with E-state index in [-0.39, 0.29) is 11.3 Å². The number of hydrogen-bond acceptors (Lipinski definition) is 3. The Morgan fingerprint density at radius 2 is 1.95 bits per heavy atom. The Labute approximate surface area is 133 Å². The van der Waals surface area contributed by atoms with Gasteiger partial charge in [0.2, 0.25) is 0 Å². The molecule has 0 aliphatic carbocycles. The van der Waals surface area contributed by atoms with Crippen LogP contribution in [0, 0.1) is 5.92 Å². The number of carboxylic acids is 1. The second kappa shape index (κ2) is 6.69. The molecule has 1 aliphatic heterocycles. The van der Waals surface area contributed by atoms with Crippen molar-refractivity contribution in [3.63, 3.8) is 0 Å². The summed E-state index contributed by atoms with van der Waals surface area (Å²) in [6.07, 6.45) is 1.47. The van der Waals surface area contributed by atoms with Gasteiger partial charge in [0.15, 0.2) is 0 Å². The van der Waals surface area contributed by atoms with Crippen LogP contribution in [-0.4, -0.2) is 36.2 Å². The minimum atomic E-state index is -0.660. The Balaban J connectivity index is 2.10. The fraction of sp³-hybridized carbons (Fsp3) is 0.611. The molecule has 1 aromatic rings. The van der Waals surface area contributed by atoms with E-state index in [0.29, 0.717) is 0 Å². The highest BCUT2D eigenvalue weighted by Gasteiger charge is 2.25. The highest BCUT2D eigenvalue weighted by molar-refractivity contribution is 5.70. The largest absolute Gasteiger partial charge is 0.496 e. The predicted molar refractivity (Wildman–Crippen MR) is 87.3 cm³/mol. The molecular weight excluding hydrogens is 278 g/mol. The molecule has 0 spiro atoms. The van der Waals surface area contributed by atoms with E-state index < -0.39 is 5.97 Å². The number of nitrogens with zero attached hydrogens (tertiary/aromatic N) is 1. The number of benzene rings is 1. The first-order valence-electron chi connectivity index (χ1n) is 7.94. The van der Waals surface area contributed by atoms with Crippen LogP contribution in [0.15, 0.2) is 18.2 Å². The number of ether oxygens (including phenoxy) is 1. The number of methoxy groups -OCH3 is 1. The minimum Gasteiger partial charge on any atom is -0.496 e. The molecule has 4 heteroatoms. The minimum absolute atomic E-state index is 0.108. The number of likely N-dealkylation sites (tertiary alicyclic amines) is 1. The lowest BCUT2D eigenvalue weighted by Gasteiger charge is -2.31. The van der Waals surface area contributed by atoms with Crippen LogP contribution in [0.2, 0.25) is 0 Å². The smallest absolute Gasteiger partial charge is 0.306 e. The van der Waals surface area contributed by atoms with Crippen LogP contribution in [0.1, 0.15) is 44.7 Å². The molecule has 4 nitrogen and oxygen atoms in total. The van der Waals surface area contributed by atoms with Gasteiger partial charge < -0.3 is 9.84 Å². The molecule has 2 rings (SSSR count). The quantitative estimate of drug-likeness (QED) is 0.927. The SMILES string of the molecule is COc1ccc(C(C)(C)C)cc1CN1CCC(C(=O)O)CC1. The second-order valence-electron chi connectivity index (χ2n) is 7.17. The highest BCUT2D eigenvalue weighted by Crippen LogP contribution is 2.29. The van der Waals surface area contributed by atoms with E-state index in [9.17, 15) is 4.79 Å². The van der Waals surface area contributed by atoms with Gasteiger partial charge in [0.05, 0.1) is 13.0 Å². The molecule has 1 aromatic carbocycles. The zero-order valence-electron chi connectivity index (χ0n) is 14.1. The molecule has 1 heterocycles. The Bertz CT molecular complexity index is 526. The monoisotopic (exact) mass is 305 g/mol. The first kappa shape index (κ1) is 16.8. The number of piperidine rings is 1. The molecule has 0 radical (unpaired) electrons. The van der Waals surface area contributed by atoms with Gasteiger partial charge in [-0.15, -0.1) is 0 Å². The summed E-state index contributed by atoms with van der Waals surface area (Å²) >= 11 is 0. The van der Waals surface area contributed by atoms with E-state index in [4.69, 9.17) is 9.84 Å². The van der Waals surface area contributed by atoms with Gasteiger partial charge in [-0.2, -0.15) is 0 Å². The van der Waals surface area contributed by atoms with Crippen molar-refractivity contribution in [2.45, 2.75) is 45.6 Å². The Kier molecular flexibility index (Phi) is 5.12. The van der Waals surface area contributed by atoms with E-state index in [2.05, 4.69) is 37.8 Å². The van der Waals surface area contributed by atoms with E-state index in [1.54, 1.807) is 7.11 Å². The maximum Gasteiger partial charge on any atom is 0.306 e. The summed E-state index contributed by atoms with van der Waals surface area (Å²) in [4.78, 5) is 13.4. The molecule has 0 unspecified atom stereocenters. The van der Waals surface area contributed by atoms with Crippen LogP contribution in [0.5, 0.6) is 5.75 Å². The van der Waals surface area contributed by atoms with Gasteiger partial charge in [-0.1, -0.05) is 32.9 Å². The predicted octanol–water partition coefficient (Wildman–Crippen LogP) is 3.29. The maximum absolute atomic E-state index is 11.0. The molecule has 122 valence electrons. The molecule has 1 saturated heterocycles. The van der Waals surface area contributed by atoms with Crippen LogP contribution < -0.4 is 4.74 Å². The number of rotatable bonds is 4. The van der Waals surface area contributed by atoms with Gasteiger partial charge in [0, 0.05) is 12.1 Å². The molecule has 0 atom stereocenters. The number of hydrogen-bond donors (Lipinski definition) is 1. The van der Waals surface area contributed by atoms with Crippen LogP contribution in [0.4, 0.5) is 0 Å². The number of carboxylic acid groups (broad SMARTS) is 1. The van der Waals surface area contributed by atoms with Crippen molar-refractivity contribution in [1.29, 1.82) is 0 Å². The fourth-order valence-corrected chi connectivity index (χ4v) is 2.95. The fourth-order valence-electron chi connectivity index (χ4n) is 2.95. The van der Waals surface area contributed by atoms with Crippen molar-refractivity contribution in [1.82, 2.24) is 4.90 Å². The number of aliphatic carboxylic acids is 1. The van der Waals surface area contributed by atoms with Crippen molar-refractivity contribution in [3.8, 4) is 5.75 Å². The summed E-state index contributed by atoms with van der Waals surface area (Å²) in [5.41, 5.74) is 2.59. The topological polar surface area (TPSA) is 49.8 Å². The summed E-state index contributed by atoms with van der Waals surface area (Å²) in [6, 6.07) is 6.39. The molecule has 0 aromatic heterocycles. The maximum atomic E-state index is 11.0. The van der Waals surface area contributed by atoms with E-state index in [0.717, 1.165) is 38.2 Å². The highest BCUT2D eigenvalue weighted by atomic mass is 16.5. The Hall–Kier alpha value is -1.55. The number of carbonyl (C=O) groups is 1. The van der Waals surface area contributed by atoms with Crippen molar-refractivity contribution >= 4 is 5.97 Å². The third-order valence-electron chi connectivity index (χ3n) is 4.48. The van der Waals surface area contributed by atoms with Gasteiger partial charge in [0.1, 0.15) is 5.75 Å². The lowest BCUT2D eigenvalue weighted by molar-refractivity contribution is -0.143. The first-order valence-corrected chi connectivity index (χ1v) is 7.94. The summed E-state index contributed by atoms with van der Waals surface area (Å²) < 4.78 is 5.49. The molecular formula is C18H27NO3. The average Bonchev–Trinajstić information content (AvgIpc) is 2.46. The zero-order chi connectivity index (χ0) is 16.3. The van der Waals surface area contributed by atoms with Crippen LogP contribution in [-0.2, 0) is 16.8 Å². The second-order valence-corrected chi connectivity index (χ2v) is 7.17. The van der Waals surface area contributed by atoms with Gasteiger partial charge in [0.25, 0.3) is 0 Å². The van der Waals surface area contributed by atoms with Crippen LogP contribution in [0.3, 0.4) is 0 Å². The first-order chi connectivity index (χ1) is 10.3. The molecule has 22 heavy (non-hydrogen) atoms. The van der Waals surface area contributed by atoms with Gasteiger partial charge >= 0.3 is 5.97 Å². The lowest BCUT2D eigenvalue weighted by Crippen LogP contribution is -2.36. The molecule has 0 amide bonds.